The average molecular weight is 346 g/mol. The molecule has 3 rings (SSSR count). The molecule has 0 spiro atoms. The number of amides is 3. The van der Waals surface area contributed by atoms with Crippen LogP contribution in [-0.2, 0) is 11.8 Å². The maximum atomic E-state index is 12.6. The minimum absolute atomic E-state index is 0.208. The molecule has 2 heterocycles. The molecule has 0 bridgehead atoms. The number of imide groups is 1. The van der Waals surface area contributed by atoms with E-state index in [-0.39, 0.29) is 30.1 Å². The Kier molecular flexibility index (Phi) is 5.78. The molecule has 6 nitrogen and oxygen atoms in total. The number of urea groups is 1. The summed E-state index contributed by atoms with van der Waals surface area (Å²) in [6, 6.07) is 3.93. The summed E-state index contributed by atoms with van der Waals surface area (Å²) in [4.78, 5) is 26.9. The number of nitrogens with one attached hydrogen (secondary N) is 2. The molecule has 2 aliphatic rings. The Morgan fingerprint density at radius 2 is 1.92 bits per heavy atom. The lowest BCUT2D eigenvalue weighted by atomic mass is 9.96. The topological polar surface area (TPSA) is 66.4 Å². The van der Waals surface area contributed by atoms with Gasteiger partial charge in [0.1, 0.15) is 0 Å². The van der Waals surface area contributed by atoms with E-state index < -0.39 is 0 Å². The molecule has 2 fully saturated rings. The molecule has 25 heavy (non-hydrogen) atoms. The molecule has 1 saturated carbocycles. The zero-order chi connectivity index (χ0) is 17.8. The van der Waals surface area contributed by atoms with Crippen LogP contribution in [0, 0.1) is 0 Å². The number of likely N-dealkylation sites (tertiary alicyclic amines) is 1. The van der Waals surface area contributed by atoms with Gasteiger partial charge in [-0.1, -0.05) is 19.3 Å². The van der Waals surface area contributed by atoms with Gasteiger partial charge in [0.15, 0.2) is 0 Å². The SMILES string of the molecule is C[C@@H](C(=O)NC(=O)NC1CCCCC1)N1CCC[C@@H]1c1cccn1C. The Hall–Kier alpha value is -1.82. The molecule has 138 valence electrons. The summed E-state index contributed by atoms with van der Waals surface area (Å²) in [7, 11) is 2.04. The Labute approximate surface area is 149 Å². The first-order valence-electron chi connectivity index (χ1n) is 9.54. The number of carbonyl (C=O) groups is 2. The monoisotopic (exact) mass is 346 g/mol. The summed E-state index contributed by atoms with van der Waals surface area (Å²) in [5, 5.41) is 5.50. The number of aryl methyl sites for hydroxylation is 1. The van der Waals surface area contributed by atoms with Crippen LogP contribution in [0.3, 0.4) is 0 Å². The molecule has 3 amide bonds. The van der Waals surface area contributed by atoms with Gasteiger partial charge in [-0.05, 0) is 51.3 Å². The maximum Gasteiger partial charge on any atom is 0.321 e. The Bertz CT molecular complexity index is 606. The fourth-order valence-corrected chi connectivity index (χ4v) is 4.23. The van der Waals surface area contributed by atoms with Gasteiger partial charge in [-0.25, -0.2) is 4.79 Å². The third-order valence-corrected chi connectivity index (χ3v) is 5.67. The maximum absolute atomic E-state index is 12.6. The highest BCUT2D eigenvalue weighted by atomic mass is 16.2. The number of nitrogens with zero attached hydrogens (tertiary/aromatic N) is 2. The van der Waals surface area contributed by atoms with Crippen molar-refractivity contribution in [1.82, 2.24) is 20.1 Å². The van der Waals surface area contributed by atoms with Crippen LogP contribution in [-0.4, -0.2) is 40.0 Å². The van der Waals surface area contributed by atoms with Crippen LogP contribution in [0.4, 0.5) is 4.79 Å². The van der Waals surface area contributed by atoms with Gasteiger partial charge in [0.25, 0.3) is 0 Å². The van der Waals surface area contributed by atoms with E-state index in [1.54, 1.807) is 0 Å². The lowest BCUT2D eigenvalue weighted by Crippen LogP contribution is -2.51. The molecular weight excluding hydrogens is 316 g/mol. The van der Waals surface area contributed by atoms with Gasteiger partial charge in [0.05, 0.1) is 12.1 Å². The summed E-state index contributed by atoms with van der Waals surface area (Å²) >= 11 is 0. The normalized spacial score (nSPS) is 23.4. The van der Waals surface area contributed by atoms with Crippen molar-refractivity contribution in [2.24, 2.45) is 7.05 Å². The third kappa shape index (κ3) is 4.24. The van der Waals surface area contributed by atoms with Gasteiger partial charge >= 0.3 is 6.03 Å². The van der Waals surface area contributed by atoms with E-state index in [1.165, 1.54) is 12.1 Å². The average Bonchev–Trinajstić information content (AvgIpc) is 3.23. The molecule has 1 aromatic heterocycles. The van der Waals surface area contributed by atoms with E-state index in [2.05, 4.69) is 26.2 Å². The van der Waals surface area contributed by atoms with E-state index in [4.69, 9.17) is 0 Å². The summed E-state index contributed by atoms with van der Waals surface area (Å²) in [5.41, 5.74) is 1.23. The van der Waals surface area contributed by atoms with Gasteiger partial charge < -0.3 is 9.88 Å². The van der Waals surface area contributed by atoms with Crippen LogP contribution in [0.15, 0.2) is 18.3 Å². The van der Waals surface area contributed by atoms with E-state index >= 15 is 0 Å². The summed E-state index contributed by atoms with van der Waals surface area (Å²) in [5.74, 6) is -0.214. The van der Waals surface area contributed by atoms with Crippen LogP contribution in [0.5, 0.6) is 0 Å². The molecular formula is C19H30N4O2. The second-order valence-corrected chi connectivity index (χ2v) is 7.41. The highest BCUT2D eigenvalue weighted by Gasteiger charge is 2.34. The van der Waals surface area contributed by atoms with Crippen molar-refractivity contribution in [3.8, 4) is 0 Å². The van der Waals surface area contributed by atoms with Gasteiger partial charge in [-0.3, -0.25) is 15.0 Å². The number of aromatic nitrogens is 1. The molecule has 1 aliphatic heterocycles. The highest BCUT2D eigenvalue weighted by molar-refractivity contribution is 5.96. The van der Waals surface area contributed by atoms with Gasteiger partial charge in [-0.2, -0.15) is 0 Å². The number of carbonyl (C=O) groups excluding carboxylic acids is 2. The first kappa shape index (κ1) is 18.0. The number of hydrogen-bond acceptors (Lipinski definition) is 3. The van der Waals surface area contributed by atoms with Crippen molar-refractivity contribution in [1.29, 1.82) is 0 Å². The molecule has 1 saturated heterocycles. The summed E-state index contributed by atoms with van der Waals surface area (Å²) in [6.07, 6.45) is 9.73. The Morgan fingerprint density at radius 1 is 1.16 bits per heavy atom. The van der Waals surface area contributed by atoms with Crippen molar-refractivity contribution >= 4 is 11.9 Å². The predicted molar refractivity (Wildman–Crippen MR) is 97.1 cm³/mol. The fraction of sp³-hybridized carbons (Fsp3) is 0.684. The first-order valence-corrected chi connectivity index (χ1v) is 9.54. The van der Waals surface area contributed by atoms with Crippen LogP contribution < -0.4 is 10.6 Å². The zero-order valence-corrected chi connectivity index (χ0v) is 15.3. The van der Waals surface area contributed by atoms with E-state index in [1.807, 2.05) is 26.2 Å². The van der Waals surface area contributed by atoms with Crippen LogP contribution in [0.1, 0.15) is 63.6 Å². The largest absolute Gasteiger partial charge is 0.353 e. The third-order valence-electron chi connectivity index (χ3n) is 5.67. The standard InChI is InChI=1S/C19H30N4O2/c1-14(18(24)21-19(25)20-15-8-4-3-5-9-15)23-13-7-11-17(23)16-10-6-12-22(16)2/h6,10,12,14-15,17H,3-5,7-9,11,13H2,1-2H3,(H2,20,21,24,25)/t14-,17+/m0/s1. The minimum Gasteiger partial charge on any atom is -0.353 e. The van der Waals surface area contributed by atoms with Crippen LogP contribution in [0.2, 0.25) is 0 Å². The summed E-state index contributed by atoms with van der Waals surface area (Å²) in [6.45, 7) is 2.78. The van der Waals surface area contributed by atoms with Crippen LogP contribution >= 0.6 is 0 Å². The second kappa shape index (κ2) is 8.04. The predicted octanol–water partition coefficient (Wildman–Crippen LogP) is 2.71. The van der Waals surface area contributed by atoms with Gasteiger partial charge in [0.2, 0.25) is 5.91 Å². The van der Waals surface area contributed by atoms with E-state index in [0.29, 0.717) is 0 Å². The lowest BCUT2D eigenvalue weighted by Gasteiger charge is -2.30. The molecule has 2 atom stereocenters. The number of rotatable bonds is 4. The molecule has 0 unspecified atom stereocenters. The fourth-order valence-electron chi connectivity index (χ4n) is 4.23. The van der Waals surface area contributed by atoms with Gasteiger partial charge in [-0.15, -0.1) is 0 Å². The van der Waals surface area contributed by atoms with Gasteiger partial charge in [0, 0.05) is 25.0 Å². The quantitative estimate of drug-likeness (QED) is 0.881. The zero-order valence-electron chi connectivity index (χ0n) is 15.3. The van der Waals surface area contributed by atoms with Crippen molar-refractivity contribution in [3.05, 3.63) is 24.0 Å². The highest BCUT2D eigenvalue weighted by Crippen LogP contribution is 2.33. The second-order valence-electron chi connectivity index (χ2n) is 7.41. The molecule has 2 N–H and O–H groups in total. The van der Waals surface area contributed by atoms with Crippen LogP contribution in [0.25, 0.3) is 0 Å². The molecule has 0 radical (unpaired) electrons. The lowest BCUT2D eigenvalue weighted by molar-refractivity contribution is -0.125. The Balaban J connectivity index is 1.56. The molecule has 0 aromatic carbocycles. The minimum atomic E-state index is -0.349. The molecule has 6 heteroatoms. The smallest absolute Gasteiger partial charge is 0.321 e. The molecule has 1 aromatic rings. The molecule has 1 aliphatic carbocycles. The van der Waals surface area contributed by atoms with E-state index in [0.717, 1.165) is 45.1 Å². The number of hydrogen-bond donors (Lipinski definition) is 2. The van der Waals surface area contributed by atoms with E-state index in [9.17, 15) is 9.59 Å². The van der Waals surface area contributed by atoms with Crippen molar-refractivity contribution in [2.45, 2.75) is 70.0 Å². The first-order chi connectivity index (χ1) is 12.1. The van der Waals surface area contributed by atoms with Crippen molar-refractivity contribution < 1.29 is 9.59 Å². The Morgan fingerprint density at radius 3 is 2.60 bits per heavy atom. The summed E-state index contributed by atoms with van der Waals surface area (Å²) < 4.78 is 2.11. The van der Waals surface area contributed by atoms with Crippen molar-refractivity contribution in [3.63, 3.8) is 0 Å². The van der Waals surface area contributed by atoms with Crippen molar-refractivity contribution in [2.75, 3.05) is 6.54 Å².